The van der Waals surface area contributed by atoms with Gasteiger partial charge < -0.3 is 10.8 Å². The van der Waals surface area contributed by atoms with Crippen molar-refractivity contribution in [3.05, 3.63) is 107 Å². The normalized spacial score (nSPS) is 12.3. The standard InChI is InChI=1S/C28H20F2N6O2/c1-15(20-12-19-9-8-18(29)13-35(19)28(38)23(20)16-5-3-2-4-6-16)36-27-24(26(31)32-14-33-27)25(34-36)17-7-10-22(37)21(30)11-17/h2-15,37H,1H3,(H2,31,32,33). The molecule has 0 aliphatic rings. The fourth-order valence-electron chi connectivity index (χ4n) is 4.73. The highest BCUT2D eigenvalue weighted by Gasteiger charge is 2.25. The van der Waals surface area contributed by atoms with Crippen molar-refractivity contribution in [1.82, 2.24) is 24.1 Å². The smallest absolute Gasteiger partial charge is 0.263 e. The van der Waals surface area contributed by atoms with Crippen molar-refractivity contribution < 1.29 is 13.9 Å². The molecule has 4 aromatic heterocycles. The van der Waals surface area contributed by atoms with Crippen LogP contribution in [-0.4, -0.2) is 29.3 Å². The van der Waals surface area contributed by atoms with Crippen LogP contribution in [0.2, 0.25) is 0 Å². The molecular weight excluding hydrogens is 490 g/mol. The molecule has 0 amide bonds. The molecule has 0 spiro atoms. The molecule has 1 atom stereocenters. The van der Waals surface area contributed by atoms with Crippen LogP contribution in [0.5, 0.6) is 5.75 Å². The quantitative estimate of drug-likeness (QED) is 0.347. The van der Waals surface area contributed by atoms with Gasteiger partial charge in [0.25, 0.3) is 5.56 Å². The summed E-state index contributed by atoms with van der Waals surface area (Å²) in [6, 6.07) is 17.1. The maximum Gasteiger partial charge on any atom is 0.263 e. The van der Waals surface area contributed by atoms with Gasteiger partial charge in [0.15, 0.2) is 17.2 Å². The fourth-order valence-corrected chi connectivity index (χ4v) is 4.73. The van der Waals surface area contributed by atoms with Crippen LogP contribution in [0.3, 0.4) is 0 Å². The van der Waals surface area contributed by atoms with E-state index >= 15 is 0 Å². The summed E-state index contributed by atoms with van der Waals surface area (Å²) in [5.41, 5.74) is 9.06. The van der Waals surface area contributed by atoms with E-state index in [1.165, 1.54) is 35.0 Å². The number of pyridine rings is 2. The molecule has 2 aromatic carbocycles. The zero-order valence-electron chi connectivity index (χ0n) is 20.0. The SMILES string of the molecule is CC(c1cc2ccc(F)cn2c(=O)c1-c1ccccc1)n1nc(-c2ccc(O)c(F)c2)c2c(N)ncnc21. The number of halogens is 2. The lowest BCUT2D eigenvalue weighted by Gasteiger charge is -2.19. The van der Waals surface area contributed by atoms with E-state index in [9.17, 15) is 18.7 Å². The Balaban J connectivity index is 1.64. The molecule has 0 saturated carbocycles. The van der Waals surface area contributed by atoms with Crippen molar-refractivity contribution in [2.75, 3.05) is 5.73 Å². The molecule has 1 unspecified atom stereocenters. The van der Waals surface area contributed by atoms with Crippen LogP contribution in [0.4, 0.5) is 14.6 Å². The van der Waals surface area contributed by atoms with Crippen molar-refractivity contribution in [2.24, 2.45) is 0 Å². The first-order chi connectivity index (χ1) is 18.3. The molecule has 10 heteroatoms. The van der Waals surface area contributed by atoms with Crippen molar-refractivity contribution in [2.45, 2.75) is 13.0 Å². The average molecular weight is 511 g/mol. The topological polar surface area (TPSA) is 111 Å². The molecule has 0 aliphatic carbocycles. The molecule has 0 radical (unpaired) electrons. The van der Waals surface area contributed by atoms with E-state index in [0.29, 0.717) is 44.5 Å². The molecule has 3 N–H and O–H groups in total. The van der Waals surface area contributed by atoms with Gasteiger partial charge in [-0.3, -0.25) is 9.20 Å². The molecule has 0 saturated heterocycles. The number of hydrogen-bond acceptors (Lipinski definition) is 6. The van der Waals surface area contributed by atoms with E-state index in [-0.39, 0.29) is 11.4 Å². The third-order valence-electron chi connectivity index (χ3n) is 6.59. The van der Waals surface area contributed by atoms with Gasteiger partial charge in [0, 0.05) is 17.3 Å². The number of benzene rings is 2. The monoisotopic (exact) mass is 510 g/mol. The highest BCUT2D eigenvalue weighted by atomic mass is 19.1. The predicted molar refractivity (Wildman–Crippen MR) is 140 cm³/mol. The first-order valence-corrected chi connectivity index (χ1v) is 11.7. The number of anilines is 1. The van der Waals surface area contributed by atoms with Crippen LogP contribution in [0.25, 0.3) is 38.9 Å². The zero-order chi connectivity index (χ0) is 26.6. The number of fused-ring (bicyclic) bond motifs is 2. The van der Waals surface area contributed by atoms with Gasteiger partial charge in [-0.15, -0.1) is 0 Å². The molecule has 8 nitrogen and oxygen atoms in total. The van der Waals surface area contributed by atoms with Crippen LogP contribution in [0, 0.1) is 11.6 Å². The lowest BCUT2D eigenvalue weighted by molar-refractivity contribution is 0.432. The van der Waals surface area contributed by atoms with Gasteiger partial charge in [-0.2, -0.15) is 5.10 Å². The maximum atomic E-state index is 14.2. The van der Waals surface area contributed by atoms with Crippen LogP contribution in [0.15, 0.2) is 84.0 Å². The number of nitrogen functional groups attached to an aromatic ring is 1. The third kappa shape index (κ3) is 3.65. The number of aromatic nitrogens is 5. The van der Waals surface area contributed by atoms with Crippen LogP contribution >= 0.6 is 0 Å². The molecule has 0 fully saturated rings. The van der Waals surface area contributed by atoms with Crippen LogP contribution < -0.4 is 11.3 Å². The van der Waals surface area contributed by atoms with Crippen molar-refractivity contribution in [3.63, 3.8) is 0 Å². The number of rotatable bonds is 4. The van der Waals surface area contributed by atoms with Crippen molar-refractivity contribution >= 4 is 22.4 Å². The van der Waals surface area contributed by atoms with Crippen LogP contribution in [0.1, 0.15) is 18.5 Å². The molecule has 188 valence electrons. The molecule has 4 heterocycles. The first kappa shape index (κ1) is 23.3. The van der Waals surface area contributed by atoms with Gasteiger partial charge >= 0.3 is 0 Å². The number of nitrogens with two attached hydrogens (primary N) is 1. The van der Waals surface area contributed by atoms with E-state index in [0.717, 1.165) is 12.3 Å². The van der Waals surface area contributed by atoms with E-state index in [1.807, 2.05) is 43.3 Å². The Morgan fingerprint density at radius 1 is 0.974 bits per heavy atom. The van der Waals surface area contributed by atoms with Gasteiger partial charge in [0.2, 0.25) is 0 Å². The number of aromatic hydroxyl groups is 1. The number of nitrogens with zero attached hydrogens (tertiary/aromatic N) is 5. The van der Waals surface area contributed by atoms with E-state index in [2.05, 4.69) is 9.97 Å². The van der Waals surface area contributed by atoms with Crippen LogP contribution in [-0.2, 0) is 0 Å². The minimum Gasteiger partial charge on any atom is -0.505 e. The van der Waals surface area contributed by atoms with Gasteiger partial charge in [0.1, 0.15) is 23.7 Å². The second-order valence-corrected chi connectivity index (χ2v) is 8.88. The zero-order valence-corrected chi connectivity index (χ0v) is 20.0. The van der Waals surface area contributed by atoms with Crippen molar-refractivity contribution in [1.29, 1.82) is 0 Å². The third-order valence-corrected chi connectivity index (χ3v) is 6.59. The number of phenols is 1. The van der Waals surface area contributed by atoms with Gasteiger partial charge in [-0.25, -0.2) is 23.4 Å². The Hall–Kier alpha value is -5.12. The van der Waals surface area contributed by atoms with Crippen molar-refractivity contribution in [3.8, 4) is 28.1 Å². The first-order valence-electron chi connectivity index (χ1n) is 11.7. The number of phenolic OH excluding ortho intramolecular Hbond substituents is 1. The van der Waals surface area contributed by atoms with Gasteiger partial charge in [-0.1, -0.05) is 30.3 Å². The Bertz CT molecular complexity index is 1920. The summed E-state index contributed by atoms with van der Waals surface area (Å²) in [5, 5.41) is 14.8. The summed E-state index contributed by atoms with van der Waals surface area (Å²) in [4.78, 5) is 22.2. The summed E-state index contributed by atoms with van der Waals surface area (Å²) >= 11 is 0. The minimum atomic E-state index is -0.810. The summed E-state index contributed by atoms with van der Waals surface area (Å²) in [5.74, 6) is -1.69. The van der Waals surface area contributed by atoms with E-state index in [1.54, 1.807) is 4.68 Å². The summed E-state index contributed by atoms with van der Waals surface area (Å²) in [6.07, 6.45) is 2.47. The van der Waals surface area contributed by atoms with Gasteiger partial charge in [-0.05, 0) is 54.4 Å². The molecule has 6 rings (SSSR count). The average Bonchev–Trinajstić information content (AvgIpc) is 3.31. The Kier molecular flexibility index (Phi) is 5.37. The molecule has 0 aliphatic heterocycles. The molecule has 0 bridgehead atoms. The lowest BCUT2D eigenvalue weighted by atomic mass is 9.96. The Labute approximate surface area is 214 Å². The Morgan fingerprint density at radius 3 is 2.53 bits per heavy atom. The van der Waals surface area contributed by atoms with E-state index < -0.39 is 23.4 Å². The molecule has 38 heavy (non-hydrogen) atoms. The molecular formula is C28H20F2N6O2. The number of hydrogen-bond donors (Lipinski definition) is 2. The van der Waals surface area contributed by atoms with Gasteiger partial charge in [0.05, 0.1) is 17.0 Å². The summed E-state index contributed by atoms with van der Waals surface area (Å²) in [6.45, 7) is 1.85. The minimum absolute atomic E-state index is 0.147. The highest BCUT2D eigenvalue weighted by molar-refractivity contribution is 5.98. The summed E-state index contributed by atoms with van der Waals surface area (Å²) in [7, 11) is 0. The largest absolute Gasteiger partial charge is 0.505 e. The second kappa shape index (κ2) is 8.77. The van der Waals surface area contributed by atoms with E-state index in [4.69, 9.17) is 10.8 Å². The lowest BCUT2D eigenvalue weighted by Crippen LogP contribution is -2.21. The highest BCUT2D eigenvalue weighted by Crippen LogP contribution is 2.36. The predicted octanol–water partition coefficient (Wildman–Crippen LogP) is 4.95. The molecule has 6 aromatic rings. The summed E-state index contributed by atoms with van der Waals surface area (Å²) < 4.78 is 31.2. The Morgan fingerprint density at radius 2 is 1.76 bits per heavy atom. The fraction of sp³-hybridized carbons (Fsp3) is 0.0714. The second-order valence-electron chi connectivity index (χ2n) is 8.88. The maximum absolute atomic E-state index is 14.2.